The molecule has 4 heteroatoms. The Bertz CT molecular complexity index is 569. The van der Waals surface area contributed by atoms with Crippen molar-refractivity contribution in [2.24, 2.45) is 5.92 Å². The molecule has 1 heterocycles. The lowest BCUT2D eigenvalue weighted by Crippen LogP contribution is -2.53. The van der Waals surface area contributed by atoms with Crippen LogP contribution in [0.25, 0.3) is 0 Å². The molecule has 0 radical (unpaired) electrons. The van der Waals surface area contributed by atoms with Gasteiger partial charge in [0.25, 0.3) is 0 Å². The second-order valence-corrected chi connectivity index (χ2v) is 7.79. The quantitative estimate of drug-likeness (QED) is 0.892. The van der Waals surface area contributed by atoms with Crippen molar-refractivity contribution in [2.45, 2.75) is 64.0 Å². The summed E-state index contributed by atoms with van der Waals surface area (Å²) in [6.07, 6.45) is 3.91. The van der Waals surface area contributed by atoms with E-state index in [1.54, 1.807) is 0 Å². The lowest BCUT2D eigenvalue weighted by molar-refractivity contribution is -0.143. The van der Waals surface area contributed by atoms with Crippen LogP contribution in [-0.4, -0.2) is 47.8 Å². The summed E-state index contributed by atoms with van der Waals surface area (Å²) < 4.78 is 5.62. The largest absolute Gasteiger partial charge is 0.393 e. The zero-order valence-electron chi connectivity index (χ0n) is 15.5. The molecule has 1 aromatic rings. The van der Waals surface area contributed by atoms with Crippen LogP contribution in [0.4, 0.5) is 0 Å². The molecule has 0 bridgehead atoms. The van der Waals surface area contributed by atoms with Crippen molar-refractivity contribution in [3.8, 4) is 0 Å². The molecule has 0 spiro atoms. The third-order valence-electron chi connectivity index (χ3n) is 5.79. The number of rotatable bonds is 5. The zero-order chi connectivity index (χ0) is 17.8. The number of ether oxygens (including phenoxy) is 1. The normalized spacial score (nSPS) is 27.0. The first-order valence-electron chi connectivity index (χ1n) is 9.70. The van der Waals surface area contributed by atoms with Gasteiger partial charge in [-0.2, -0.15) is 0 Å². The van der Waals surface area contributed by atoms with Crippen molar-refractivity contribution >= 4 is 5.91 Å². The van der Waals surface area contributed by atoms with Gasteiger partial charge in [0.05, 0.1) is 25.4 Å². The number of nitrogens with zero attached hydrogens (tertiary/aromatic N) is 1. The summed E-state index contributed by atoms with van der Waals surface area (Å²) in [5, 5.41) is 10.2. The predicted molar refractivity (Wildman–Crippen MR) is 98.5 cm³/mol. The van der Waals surface area contributed by atoms with Gasteiger partial charge in [0.2, 0.25) is 5.91 Å². The van der Waals surface area contributed by atoms with E-state index in [1.165, 1.54) is 11.1 Å². The molecule has 1 aromatic carbocycles. The fourth-order valence-electron chi connectivity index (χ4n) is 4.17. The number of hydrogen-bond acceptors (Lipinski definition) is 3. The topological polar surface area (TPSA) is 49.8 Å². The van der Waals surface area contributed by atoms with E-state index in [2.05, 4.69) is 38.1 Å². The maximum absolute atomic E-state index is 12.8. The van der Waals surface area contributed by atoms with Gasteiger partial charge in [-0.25, -0.2) is 0 Å². The molecule has 3 atom stereocenters. The molecular weight excluding hydrogens is 314 g/mol. The Morgan fingerprint density at radius 3 is 2.68 bits per heavy atom. The summed E-state index contributed by atoms with van der Waals surface area (Å²) >= 11 is 0. The minimum Gasteiger partial charge on any atom is -0.393 e. The highest BCUT2D eigenvalue weighted by Crippen LogP contribution is 2.32. The number of aryl methyl sites for hydroxylation is 1. The third-order valence-corrected chi connectivity index (χ3v) is 5.79. The molecule has 1 N–H and O–H groups in total. The summed E-state index contributed by atoms with van der Waals surface area (Å²) in [6, 6.07) is 8.65. The van der Waals surface area contributed by atoms with Crippen molar-refractivity contribution in [2.75, 3.05) is 19.8 Å². The van der Waals surface area contributed by atoms with Crippen LogP contribution in [0, 0.1) is 5.92 Å². The second-order valence-electron chi connectivity index (χ2n) is 7.79. The van der Waals surface area contributed by atoms with E-state index in [0.717, 1.165) is 25.7 Å². The van der Waals surface area contributed by atoms with Crippen molar-refractivity contribution in [1.82, 2.24) is 4.90 Å². The molecule has 2 aliphatic rings. The average Bonchev–Trinajstić information content (AvgIpc) is 3.06. The fourth-order valence-corrected chi connectivity index (χ4v) is 4.17. The van der Waals surface area contributed by atoms with E-state index >= 15 is 0 Å². The summed E-state index contributed by atoms with van der Waals surface area (Å²) in [7, 11) is 0. The Labute approximate surface area is 151 Å². The molecule has 3 rings (SSSR count). The first kappa shape index (κ1) is 18.4. The van der Waals surface area contributed by atoms with Crippen LogP contribution in [0.2, 0.25) is 0 Å². The number of aliphatic hydroxyl groups is 1. The number of benzene rings is 1. The smallest absolute Gasteiger partial charge is 0.223 e. The summed E-state index contributed by atoms with van der Waals surface area (Å²) in [4.78, 5) is 14.8. The van der Waals surface area contributed by atoms with E-state index in [1.807, 2.05) is 4.90 Å². The van der Waals surface area contributed by atoms with Crippen LogP contribution in [-0.2, 0) is 16.0 Å². The van der Waals surface area contributed by atoms with Gasteiger partial charge in [-0.1, -0.05) is 44.5 Å². The van der Waals surface area contributed by atoms with Gasteiger partial charge in [-0.3, -0.25) is 4.79 Å². The number of aliphatic hydroxyl groups excluding tert-OH is 1. The third kappa shape index (κ3) is 4.42. The van der Waals surface area contributed by atoms with E-state index in [9.17, 15) is 9.90 Å². The van der Waals surface area contributed by atoms with Crippen LogP contribution in [0.5, 0.6) is 0 Å². The van der Waals surface area contributed by atoms with Gasteiger partial charge in [0.15, 0.2) is 0 Å². The molecular formula is C21H31NO3. The van der Waals surface area contributed by atoms with E-state index in [4.69, 9.17) is 4.74 Å². The van der Waals surface area contributed by atoms with Crippen molar-refractivity contribution < 1.29 is 14.6 Å². The maximum atomic E-state index is 12.8. The highest BCUT2D eigenvalue weighted by molar-refractivity contribution is 5.77. The molecule has 25 heavy (non-hydrogen) atoms. The molecule has 0 aromatic heterocycles. The summed E-state index contributed by atoms with van der Waals surface area (Å²) in [5.41, 5.74) is 2.54. The lowest BCUT2D eigenvalue weighted by Gasteiger charge is -2.40. The molecule has 4 nitrogen and oxygen atoms in total. The Hall–Kier alpha value is -1.39. The Morgan fingerprint density at radius 1 is 1.28 bits per heavy atom. The lowest BCUT2D eigenvalue weighted by atomic mass is 9.93. The molecule has 2 fully saturated rings. The number of hydrogen-bond donors (Lipinski definition) is 1. The van der Waals surface area contributed by atoms with Crippen molar-refractivity contribution in [3.63, 3.8) is 0 Å². The number of carbonyl (C=O) groups is 1. The van der Waals surface area contributed by atoms with Gasteiger partial charge in [-0.15, -0.1) is 0 Å². The van der Waals surface area contributed by atoms with Crippen LogP contribution in [0.3, 0.4) is 0 Å². The van der Waals surface area contributed by atoms with Crippen molar-refractivity contribution in [1.29, 1.82) is 0 Å². The van der Waals surface area contributed by atoms with Crippen LogP contribution < -0.4 is 0 Å². The molecule has 138 valence electrons. The van der Waals surface area contributed by atoms with E-state index < -0.39 is 0 Å². The number of carbonyl (C=O) groups excluding carboxylic acids is 1. The minimum atomic E-state index is -0.287. The standard InChI is InChI=1S/C21H31NO3/c1-15(2)17-9-6-16(7-10-17)8-11-21(24)22-12-13-25-14-19(22)18-4-3-5-20(18)23/h6-7,9-10,15,18-20,23H,3-5,8,11-14H2,1-2H3/t18-,19-,20+/m1/s1. The van der Waals surface area contributed by atoms with Crippen LogP contribution in [0.15, 0.2) is 24.3 Å². The van der Waals surface area contributed by atoms with Gasteiger partial charge in [0.1, 0.15) is 0 Å². The van der Waals surface area contributed by atoms with Crippen molar-refractivity contribution in [3.05, 3.63) is 35.4 Å². The first-order chi connectivity index (χ1) is 12.1. The Morgan fingerprint density at radius 2 is 2.04 bits per heavy atom. The predicted octanol–water partition coefficient (Wildman–Crippen LogP) is 3.13. The fraction of sp³-hybridized carbons (Fsp3) is 0.667. The van der Waals surface area contributed by atoms with Gasteiger partial charge < -0.3 is 14.7 Å². The molecule has 0 unspecified atom stereocenters. The molecule has 1 saturated carbocycles. The first-order valence-corrected chi connectivity index (χ1v) is 9.70. The average molecular weight is 345 g/mol. The number of morpholine rings is 1. The minimum absolute atomic E-state index is 0.0436. The highest BCUT2D eigenvalue weighted by Gasteiger charge is 2.39. The van der Waals surface area contributed by atoms with Gasteiger partial charge >= 0.3 is 0 Å². The molecule has 1 aliphatic carbocycles. The van der Waals surface area contributed by atoms with Crippen LogP contribution in [0.1, 0.15) is 56.6 Å². The summed E-state index contributed by atoms with van der Waals surface area (Å²) in [5.74, 6) is 0.901. The SMILES string of the molecule is CC(C)c1ccc(CCC(=O)N2CCOC[C@@H]2[C@H]2CCC[C@@H]2O)cc1. The monoisotopic (exact) mass is 345 g/mol. The number of amides is 1. The Balaban J connectivity index is 1.58. The van der Waals surface area contributed by atoms with E-state index in [-0.39, 0.29) is 24.0 Å². The van der Waals surface area contributed by atoms with Crippen LogP contribution >= 0.6 is 0 Å². The van der Waals surface area contributed by atoms with E-state index in [0.29, 0.717) is 32.1 Å². The maximum Gasteiger partial charge on any atom is 0.223 e. The van der Waals surface area contributed by atoms with Gasteiger partial charge in [-0.05, 0) is 36.3 Å². The zero-order valence-corrected chi connectivity index (χ0v) is 15.5. The van der Waals surface area contributed by atoms with Gasteiger partial charge in [0, 0.05) is 18.9 Å². The molecule has 1 aliphatic heterocycles. The molecule has 1 amide bonds. The summed E-state index contributed by atoms with van der Waals surface area (Å²) in [6.45, 7) is 6.20. The highest BCUT2D eigenvalue weighted by atomic mass is 16.5. The molecule has 1 saturated heterocycles. The Kier molecular flexibility index (Phi) is 6.13. The second kappa shape index (κ2) is 8.33.